The molecule has 3 atom stereocenters. The van der Waals surface area contributed by atoms with E-state index < -0.39 is 0 Å². The summed E-state index contributed by atoms with van der Waals surface area (Å²) < 4.78 is 0. The van der Waals surface area contributed by atoms with Crippen LogP contribution >= 0.6 is 11.6 Å². The van der Waals surface area contributed by atoms with Crippen molar-refractivity contribution in [2.75, 3.05) is 20.1 Å². The van der Waals surface area contributed by atoms with E-state index in [9.17, 15) is 4.79 Å². The van der Waals surface area contributed by atoms with E-state index in [1.54, 1.807) is 0 Å². The summed E-state index contributed by atoms with van der Waals surface area (Å²) in [5.74, 6) is 0.724. The average molecular weight is 279 g/mol. The monoisotopic (exact) mass is 278 g/mol. The summed E-state index contributed by atoms with van der Waals surface area (Å²) in [4.78, 5) is 14.4. The van der Waals surface area contributed by atoms with Gasteiger partial charge in [-0.15, -0.1) is 0 Å². The van der Waals surface area contributed by atoms with Gasteiger partial charge in [0.1, 0.15) is 0 Å². The maximum atomic E-state index is 12.4. The molecule has 0 radical (unpaired) electrons. The molecular weight excluding hydrogens is 260 g/mol. The van der Waals surface area contributed by atoms with E-state index in [2.05, 4.69) is 5.32 Å². The van der Waals surface area contributed by atoms with Gasteiger partial charge in [0, 0.05) is 30.6 Å². The Morgan fingerprint density at radius 2 is 2.21 bits per heavy atom. The zero-order chi connectivity index (χ0) is 13.4. The quantitative estimate of drug-likeness (QED) is 0.920. The van der Waals surface area contributed by atoms with Crippen molar-refractivity contribution >= 4 is 17.5 Å². The molecule has 1 aliphatic carbocycles. The second kappa shape index (κ2) is 5.14. The van der Waals surface area contributed by atoms with Crippen LogP contribution in [0, 0.1) is 5.92 Å². The molecule has 4 heteroatoms. The molecule has 1 N–H and O–H groups in total. The molecular formula is C15H19ClN2O. The fraction of sp³-hybridized carbons (Fsp3) is 0.533. The van der Waals surface area contributed by atoms with E-state index >= 15 is 0 Å². The summed E-state index contributed by atoms with van der Waals surface area (Å²) in [5.41, 5.74) is 1.13. The van der Waals surface area contributed by atoms with Crippen LogP contribution in [0.5, 0.6) is 0 Å². The number of carbonyl (C=O) groups excluding carboxylic acids is 1. The molecule has 0 spiro atoms. The number of carbonyl (C=O) groups is 1. The normalized spacial score (nSPS) is 29.3. The van der Waals surface area contributed by atoms with Crippen LogP contribution in [0.4, 0.5) is 0 Å². The molecule has 102 valence electrons. The number of amides is 1. The summed E-state index contributed by atoms with van der Waals surface area (Å²) in [6, 6.07) is 8.23. The minimum atomic E-state index is 0.130. The largest absolute Gasteiger partial charge is 0.341 e. The second-order valence-electron chi connectivity index (χ2n) is 5.57. The molecule has 2 aliphatic rings. The third-order valence-electron chi connectivity index (χ3n) is 4.34. The van der Waals surface area contributed by atoms with Crippen molar-refractivity contribution in [2.24, 2.45) is 5.92 Å². The summed E-state index contributed by atoms with van der Waals surface area (Å²) in [5, 5.41) is 4.09. The molecule has 1 aromatic carbocycles. The fourth-order valence-electron chi connectivity index (χ4n) is 3.00. The maximum absolute atomic E-state index is 12.4. The Balaban J connectivity index is 1.66. The number of hydrogen-bond acceptors (Lipinski definition) is 2. The highest BCUT2D eigenvalue weighted by molar-refractivity contribution is 6.31. The highest BCUT2D eigenvalue weighted by Gasteiger charge is 2.46. The van der Waals surface area contributed by atoms with Crippen LogP contribution in [0.15, 0.2) is 24.3 Å². The molecule has 19 heavy (non-hydrogen) atoms. The number of hydrogen-bond donors (Lipinski definition) is 1. The van der Waals surface area contributed by atoms with Crippen molar-refractivity contribution in [1.29, 1.82) is 0 Å². The number of nitrogens with one attached hydrogen (secondary N) is 1. The Labute approximate surface area is 118 Å². The third kappa shape index (κ3) is 2.49. The lowest BCUT2D eigenvalue weighted by molar-refractivity contribution is -0.133. The summed E-state index contributed by atoms with van der Waals surface area (Å²) >= 11 is 6.20. The molecule has 0 unspecified atom stereocenters. The predicted octanol–water partition coefficient (Wildman–Crippen LogP) is 2.26. The molecule has 1 heterocycles. The molecule has 0 aromatic heterocycles. The Hall–Kier alpha value is -1.06. The summed E-state index contributed by atoms with van der Waals surface area (Å²) in [6.07, 6.45) is 2.00. The van der Waals surface area contributed by atoms with Crippen molar-refractivity contribution in [1.82, 2.24) is 10.2 Å². The highest BCUT2D eigenvalue weighted by atomic mass is 35.5. The van der Waals surface area contributed by atoms with Crippen LogP contribution in [-0.2, 0) is 4.79 Å². The van der Waals surface area contributed by atoms with Crippen LogP contribution in [0.3, 0.4) is 0 Å². The molecule has 0 bridgehead atoms. The molecule has 3 nitrogen and oxygen atoms in total. The average Bonchev–Trinajstić information content (AvgIpc) is 3.01. The lowest BCUT2D eigenvalue weighted by atomic mass is 10.1. The van der Waals surface area contributed by atoms with Crippen molar-refractivity contribution in [2.45, 2.75) is 24.8 Å². The molecule has 2 fully saturated rings. The zero-order valence-electron chi connectivity index (χ0n) is 11.1. The van der Waals surface area contributed by atoms with Crippen LogP contribution in [0.1, 0.15) is 24.3 Å². The van der Waals surface area contributed by atoms with Gasteiger partial charge in [-0.25, -0.2) is 0 Å². The first kappa shape index (κ1) is 12.9. The summed E-state index contributed by atoms with van der Waals surface area (Å²) in [7, 11) is 1.93. The first-order valence-corrected chi connectivity index (χ1v) is 7.28. The van der Waals surface area contributed by atoms with E-state index in [-0.39, 0.29) is 11.8 Å². The molecule has 3 rings (SSSR count). The van der Waals surface area contributed by atoms with E-state index in [4.69, 9.17) is 11.6 Å². The lowest BCUT2D eigenvalue weighted by Crippen LogP contribution is -2.39. The van der Waals surface area contributed by atoms with E-state index in [1.165, 1.54) is 0 Å². The van der Waals surface area contributed by atoms with Crippen LogP contribution in [0.2, 0.25) is 5.02 Å². The number of nitrogens with zero attached hydrogens (tertiary/aromatic N) is 1. The van der Waals surface area contributed by atoms with Crippen molar-refractivity contribution in [3.8, 4) is 0 Å². The zero-order valence-corrected chi connectivity index (χ0v) is 11.9. The number of halogens is 1. The van der Waals surface area contributed by atoms with Crippen LogP contribution in [-0.4, -0.2) is 37.0 Å². The number of rotatable bonds is 3. The Morgan fingerprint density at radius 3 is 2.89 bits per heavy atom. The molecule has 1 saturated carbocycles. The maximum Gasteiger partial charge on any atom is 0.226 e. The second-order valence-corrected chi connectivity index (χ2v) is 5.97. The van der Waals surface area contributed by atoms with Gasteiger partial charge in [0.2, 0.25) is 5.91 Å². The Kier molecular flexibility index (Phi) is 3.50. The smallest absolute Gasteiger partial charge is 0.226 e. The predicted molar refractivity (Wildman–Crippen MR) is 76.3 cm³/mol. The highest BCUT2D eigenvalue weighted by Crippen LogP contribution is 2.50. The van der Waals surface area contributed by atoms with Gasteiger partial charge in [0.25, 0.3) is 0 Å². The van der Waals surface area contributed by atoms with Gasteiger partial charge in [0.05, 0.1) is 0 Å². The first-order valence-electron chi connectivity index (χ1n) is 6.90. The van der Waals surface area contributed by atoms with Gasteiger partial charge in [-0.05, 0) is 36.9 Å². The van der Waals surface area contributed by atoms with Crippen LogP contribution in [0.25, 0.3) is 0 Å². The minimum absolute atomic E-state index is 0.130. The number of likely N-dealkylation sites (N-methyl/N-ethyl adjacent to an activating group) is 1. The summed E-state index contributed by atoms with van der Waals surface area (Å²) in [6.45, 7) is 1.94. The van der Waals surface area contributed by atoms with Crippen molar-refractivity contribution in [3.63, 3.8) is 0 Å². The molecule has 1 amide bonds. The van der Waals surface area contributed by atoms with Crippen molar-refractivity contribution in [3.05, 3.63) is 34.9 Å². The lowest BCUT2D eigenvalue weighted by Gasteiger charge is -2.24. The van der Waals surface area contributed by atoms with Gasteiger partial charge in [-0.3, -0.25) is 4.79 Å². The third-order valence-corrected chi connectivity index (χ3v) is 4.69. The van der Waals surface area contributed by atoms with Gasteiger partial charge in [-0.2, -0.15) is 0 Å². The molecule has 1 aliphatic heterocycles. The Morgan fingerprint density at radius 1 is 1.42 bits per heavy atom. The first-order chi connectivity index (χ1) is 9.18. The standard InChI is InChI=1S/C15H19ClN2O/c1-18(10-6-7-17-9-10)15(19)13-8-12(13)11-4-2-3-5-14(11)16/h2-5,10,12-13,17H,6-9H2,1H3/t10-,12+,13+/m0/s1. The van der Waals surface area contributed by atoms with Gasteiger partial charge >= 0.3 is 0 Å². The van der Waals surface area contributed by atoms with Gasteiger partial charge in [0.15, 0.2) is 0 Å². The minimum Gasteiger partial charge on any atom is -0.341 e. The SMILES string of the molecule is CN(C(=O)[C@@H]1C[C@@H]1c1ccccc1Cl)[C@H]1CCNC1. The van der Waals surface area contributed by atoms with Crippen molar-refractivity contribution < 1.29 is 4.79 Å². The van der Waals surface area contributed by atoms with E-state index in [0.29, 0.717) is 12.0 Å². The van der Waals surface area contributed by atoms with E-state index in [0.717, 1.165) is 36.5 Å². The van der Waals surface area contributed by atoms with Crippen LogP contribution < -0.4 is 5.32 Å². The van der Waals surface area contributed by atoms with Gasteiger partial charge in [-0.1, -0.05) is 29.8 Å². The Bertz CT molecular complexity index is 485. The molecule has 1 saturated heterocycles. The van der Waals surface area contributed by atoms with Gasteiger partial charge < -0.3 is 10.2 Å². The van der Waals surface area contributed by atoms with E-state index in [1.807, 2.05) is 36.2 Å². The fourth-order valence-corrected chi connectivity index (χ4v) is 3.27. The molecule has 1 aromatic rings. The topological polar surface area (TPSA) is 32.3 Å². The number of benzene rings is 1.